The van der Waals surface area contributed by atoms with E-state index in [0.29, 0.717) is 16.6 Å². The van der Waals surface area contributed by atoms with Crippen LogP contribution in [0.4, 0.5) is 0 Å². The maximum atomic E-state index is 12.4. The van der Waals surface area contributed by atoms with Crippen LogP contribution in [0.3, 0.4) is 0 Å². The Morgan fingerprint density at radius 2 is 2.08 bits per heavy atom. The second kappa shape index (κ2) is 7.20. The van der Waals surface area contributed by atoms with E-state index in [1.165, 1.54) is 4.88 Å². The summed E-state index contributed by atoms with van der Waals surface area (Å²) in [6, 6.07) is 5.37. The largest absolute Gasteiger partial charge is 0.338 e. The van der Waals surface area contributed by atoms with Gasteiger partial charge in [0.2, 0.25) is 5.91 Å². The summed E-state index contributed by atoms with van der Waals surface area (Å²) >= 11 is 13.6. The van der Waals surface area contributed by atoms with Crippen LogP contribution in [0.2, 0.25) is 10.0 Å². The molecular formula is C18H17Cl2N3OS. The Labute approximate surface area is 160 Å². The molecule has 130 valence electrons. The lowest BCUT2D eigenvalue weighted by molar-refractivity contribution is -0.125. The third kappa shape index (κ3) is 3.89. The Morgan fingerprint density at radius 1 is 1.32 bits per heavy atom. The van der Waals surface area contributed by atoms with Crippen LogP contribution in [0, 0.1) is 13.8 Å². The van der Waals surface area contributed by atoms with Gasteiger partial charge in [0.1, 0.15) is 0 Å². The first-order valence-corrected chi connectivity index (χ1v) is 9.24. The topological polar surface area (TPSA) is 37.6 Å². The van der Waals surface area contributed by atoms with Crippen LogP contribution in [0.1, 0.15) is 21.8 Å². The lowest BCUT2D eigenvalue weighted by Crippen LogP contribution is -2.24. The highest BCUT2D eigenvalue weighted by atomic mass is 35.5. The van der Waals surface area contributed by atoms with Crippen LogP contribution in [-0.2, 0) is 11.3 Å². The number of imidazole rings is 1. The van der Waals surface area contributed by atoms with Crippen LogP contribution in [0.5, 0.6) is 0 Å². The van der Waals surface area contributed by atoms with Crippen molar-refractivity contribution in [2.45, 2.75) is 20.4 Å². The van der Waals surface area contributed by atoms with Gasteiger partial charge >= 0.3 is 0 Å². The van der Waals surface area contributed by atoms with E-state index in [9.17, 15) is 4.79 Å². The first-order chi connectivity index (χ1) is 11.8. The number of aryl methyl sites for hydroxylation is 2. The molecule has 4 nitrogen and oxygen atoms in total. The second-order valence-corrected chi connectivity index (χ2v) is 7.88. The van der Waals surface area contributed by atoms with Gasteiger partial charge in [-0.3, -0.25) is 9.20 Å². The molecule has 7 heteroatoms. The Bertz CT molecular complexity index is 974. The van der Waals surface area contributed by atoms with Crippen LogP contribution in [-0.4, -0.2) is 27.2 Å². The minimum Gasteiger partial charge on any atom is -0.338 e. The lowest BCUT2D eigenvalue weighted by Gasteiger charge is -2.15. The zero-order valence-corrected chi connectivity index (χ0v) is 16.4. The minimum absolute atomic E-state index is 0.0904. The fourth-order valence-corrected chi connectivity index (χ4v) is 3.75. The smallest absolute Gasteiger partial charge is 0.246 e. The molecule has 0 spiro atoms. The molecule has 3 aromatic rings. The molecular weight excluding hydrogens is 377 g/mol. The van der Waals surface area contributed by atoms with Gasteiger partial charge < -0.3 is 4.90 Å². The number of fused-ring (bicyclic) bond motifs is 1. The number of hydrogen-bond acceptors (Lipinski definition) is 3. The van der Waals surface area contributed by atoms with Crippen molar-refractivity contribution in [1.82, 2.24) is 14.3 Å². The van der Waals surface area contributed by atoms with Crippen molar-refractivity contribution in [2.24, 2.45) is 0 Å². The Kier molecular flexibility index (Phi) is 5.18. The molecule has 1 amide bonds. The number of carbonyl (C=O) groups excluding carboxylic acids is 1. The summed E-state index contributed by atoms with van der Waals surface area (Å²) in [5.41, 5.74) is 2.76. The standard InChI is InChI=1S/C18H17Cl2N3OS/c1-11-9-23-16(12(2)21-18(23)25-11)6-7-17(24)22(3)10-13-4-5-14(19)15(20)8-13/h4-9H,10H2,1-3H3/b7-6+. The van der Waals surface area contributed by atoms with Gasteiger partial charge in [0.05, 0.1) is 21.4 Å². The second-order valence-electron chi connectivity index (χ2n) is 5.85. The van der Waals surface area contributed by atoms with Crippen LogP contribution in [0.15, 0.2) is 30.5 Å². The number of amides is 1. The molecule has 0 atom stereocenters. The number of aromatic nitrogens is 2. The lowest BCUT2D eigenvalue weighted by atomic mass is 10.2. The molecule has 25 heavy (non-hydrogen) atoms. The van der Waals surface area contributed by atoms with Crippen molar-refractivity contribution in [2.75, 3.05) is 7.05 Å². The molecule has 0 saturated carbocycles. The Balaban J connectivity index is 1.74. The van der Waals surface area contributed by atoms with Gasteiger partial charge in [0.15, 0.2) is 4.96 Å². The minimum atomic E-state index is -0.0904. The molecule has 0 radical (unpaired) electrons. The predicted octanol–water partition coefficient (Wildman–Crippen LogP) is 4.99. The highest BCUT2D eigenvalue weighted by molar-refractivity contribution is 7.17. The van der Waals surface area contributed by atoms with Crippen LogP contribution >= 0.6 is 34.5 Å². The first-order valence-electron chi connectivity index (χ1n) is 7.67. The molecule has 0 fully saturated rings. The number of thiazole rings is 1. The van der Waals surface area contributed by atoms with Crippen molar-refractivity contribution in [1.29, 1.82) is 0 Å². The number of carbonyl (C=O) groups is 1. The molecule has 0 N–H and O–H groups in total. The molecule has 3 rings (SSSR count). The summed E-state index contributed by atoms with van der Waals surface area (Å²) in [5, 5.41) is 0.992. The summed E-state index contributed by atoms with van der Waals surface area (Å²) in [4.78, 5) is 20.7. The quantitative estimate of drug-likeness (QED) is 0.585. The third-order valence-corrected chi connectivity index (χ3v) is 5.46. The molecule has 2 heterocycles. The number of hydrogen-bond donors (Lipinski definition) is 0. The van der Waals surface area contributed by atoms with E-state index in [4.69, 9.17) is 23.2 Å². The molecule has 0 saturated heterocycles. The molecule has 2 aromatic heterocycles. The van der Waals surface area contributed by atoms with Gasteiger partial charge in [-0.1, -0.05) is 29.3 Å². The van der Waals surface area contributed by atoms with Crippen LogP contribution < -0.4 is 0 Å². The third-order valence-electron chi connectivity index (χ3n) is 3.83. The number of likely N-dealkylation sites (N-methyl/N-ethyl adjacent to an activating group) is 1. The highest BCUT2D eigenvalue weighted by Crippen LogP contribution is 2.23. The Hall–Kier alpha value is -1.82. The summed E-state index contributed by atoms with van der Waals surface area (Å²) in [5.74, 6) is -0.0904. The maximum Gasteiger partial charge on any atom is 0.246 e. The Morgan fingerprint density at radius 3 is 2.80 bits per heavy atom. The van der Waals surface area contributed by atoms with Crippen molar-refractivity contribution >= 4 is 51.5 Å². The molecule has 0 bridgehead atoms. The van der Waals surface area contributed by atoms with E-state index in [1.54, 1.807) is 41.5 Å². The fraction of sp³-hybridized carbons (Fsp3) is 0.222. The highest BCUT2D eigenvalue weighted by Gasteiger charge is 2.11. The average Bonchev–Trinajstić information content (AvgIpc) is 3.03. The van der Waals surface area contributed by atoms with E-state index in [0.717, 1.165) is 21.9 Å². The average molecular weight is 394 g/mol. The maximum absolute atomic E-state index is 12.4. The van der Waals surface area contributed by atoms with Crippen molar-refractivity contribution in [3.63, 3.8) is 0 Å². The number of benzene rings is 1. The van der Waals surface area contributed by atoms with E-state index in [2.05, 4.69) is 4.98 Å². The molecule has 0 unspecified atom stereocenters. The van der Waals surface area contributed by atoms with E-state index in [-0.39, 0.29) is 5.91 Å². The number of halogens is 2. The van der Waals surface area contributed by atoms with Gasteiger partial charge in [-0.25, -0.2) is 4.98 Å². The van der Waals surface area contributed by atoms with Crippen molar-refractivity contribution in [3.8, 4) is 0 Å². The van der Waals surface area contributed by atoms with Gasteiger partial charge in [-0.2, -0.15) is 0 Å². The van der Waals surface area contributed by atoms with Crippen molar-refractivity contribution in [3.05, 3.63) is 62.3 Å². The molecule has 0 aliphatic carbocycles. The number of nitrogens with zero attached hydrogens (tertiary/aromatic N) is 3. The summed E-state index contributed by atoms with van der Waals surface area (Å²) in [6.07, 6.45) is 5.42. The molecule has 1 aromatic carbocycles. The van der Waals surface area contributed by atoms with E-state index >= 15 is 0 Å². The first kappa shape index (κ1) is 18.0. The normalized spacial score (nSPS) is 11.6. The molecule has 0 aliphatic rings. The van der Waals surface area contributed by atoms with E-state index in [1.807, 2.05) is 36.6 Å². The van der Waals surface area contributed by atoms with Gasteiger partial charge in [-0.15, -0.1) is 11.3 Å². The predicted molar refractivity (Wildman–Crippen MR) is 105 cm³/mol. The SMILES string of the molecule is Cc1cn2c(/C=C/C(=O)N(C)Cc3ccc(Cl)c(Cl)c3)c(C)nc2s1. The van der Waals surface area contributed by atoms with E-state index < -0.39 is 0 Å². The monoisotopic (exact) mass is 393 g/mol. The number of rotatable bonds is 4. The molecule has 0 aliphatic heterocycles. The van der Waals surface area contributed by atoms with Gasteiger partial charge in [0, 0.05) is 30.7 Å². The van der Waals surface area contributed by atoms with Gasteiger partial charge in [0.25, 0.3) is 0 Å². The van der Waals surface area contributed by atoms with Gasteiger partial charge in [-0.05, 0) is 37.6 Å². The van der Waals surface area contributed by atoms with Crippen LogP contribution in [0.25, 0.3) is 11.0 Å². The summed E-state index contributed by atoms with van der Waals surface area (Å²) in [7, 11) is 1.75. The zero-order chi connectivity index (χ0) is 18.1. The summed E-state index contributed by atoms with van der Waals surface area (Å²) in [6.45, 7) is 4.44. The summed E-state index contributed by atoms with van der Waals surface area (Å²) < 4.78 is 2.01. The fourth-order valence-electron chi connectivity index (χ4n) is 2.55. The van der Waals surface area contributed by atoms with Crippen molar-refractivity contribution < 1.29 is 4.79 Å². The zero-order valence-electron chi connectivity index (χ0n) is 14.1.